The van der Waals surface area contributed by atoms with Gasteiger partial charge in [0.1, 0.15) is 0 Å². The summed E-state index contributed by atoms with van der Waals surface area (Å²) < 4.78 is 10.7. The van der Waals surface area contributed by atoms with Crippen molar-refractivity contribution >= 4 is 28.4 Å². The van der Waals surface area contributed by atoms with Gasteiger partial charge in [-0.25, -0.2) is 0 Å². The number of nitrogens with one attached hydrogen (secondary N) is 2. The van der Waals surface area contributed by atoms with Crippen LogP contribution in [-0.2, 0) is 4.79 Å². The second-order valence-electron chi connectivity index (χ2n) is 8.27. The highest BCUT2D eigenvalue weighted by atomic mass is 16.5. The Morgan fingerprint density at radius 1 is 0.941 bits per heavy atom. The lowest BCUT2D eigenvalue weighted by Gasteiger charge is -2.39. The van der Waals surface area contributed by atoms with Crippen molar-refractivity contribution in [3.8, 4) is 11.5 Å². The molecule has 3 aromatic carbocycles. The molecule has 0 aliphatic carbocycles. The van der Waals surface area contributed by atoms with E-state index in [1.165, 1.54) is 0 Å². The molecule has 0 radical (unpaired) electrons. The molecule has 1 aromatic heterocycles. The molecule has 0 saturated heterocycles. The number of nitrogens with zero attached hydrogens (tertiary/aromatic N) is 1. The van der Waals surface area contributed by atoms with E-state index in [-0.39, 0.29) is 11.8 Å². The molecule has 0 unspecified atom stereocenters. The van der Waals surface area contributed by atoms with E-state index in [1.807, 2.05) is 48.7 Å². The number of fused-ring (bicyclic) bond motifs is 2. The summed E-state index contributed by atoms with van der Waals surface area (Å²) in [6, 6.07) is 20.0. The molecule has 7 heteroatoms. The van der Waals surface area contributed by atoms with Gasteiger partial charge in [0.05, 0.1) is 26.2 Å². The summed E-state index contributed by atoms with van der Waals surface area (Å²) in [7, 11) is 4.86. The number of likely N-dealkylation sites (N-methyl/N-ethyl adjacent to an activating group) is 1. The third-order valence-electron chi connectivity index (χ3n) is 6.45. The average molecular weight is 456 g/mol. The van der Waals surface area contributed by atoms with Crippen molar-refractivity contribution in [2.75, 3.05) is 26.6 Å². The fraction of sp³-hybridized carbons (Fsp3) is 0.185. The fourth-order valence-corrected chi connectivity index (χ4v) is 4.82. The standard InChI is InChI=1S/C27H25N3O4/c1-30-25(20-15-28-21-11-7-6-8-17(20)21)24(18-9-4-5-10-19(18)27(30)32)26(31)29-16-12-13-22(33-2)23(14-16)34-3/h4-15,24-25,28H,1-3H3,(H,29,31)/t24-,25+/m1/s1. The van der Waals surface area contributed by atoms with Crippen molar-refractivity contribution in [3.05, 3.63) is 89.6 Å². The monoisotopic (exact) mass is 455 g/mol. The van der Waals surface area contributed by atoms with Gasteiger partial charge < -0.3 is 24.7 Å². The number of amides is 2. The predicted octanol–water partition coefficient (Wildman–Crippen LogP) is 4.73. The zero-order chi connectivity index (χ0) is 23.8. The fourth-order valence-electron chi connectivity index (χ4n) is 4.82. The smallest absolute Gasteiger partial charge is 0.254 e. The Bertz CT molecular complexity index is 1390. The Morgan fingerprint density at radius 2 is 1.68 bits per heavy atom. The highest BCUT2D eigenvalue weighted by molar-refractivity contribution is 6.05. The largest absolute Gasteiger partial charge is 0.493 e. The van der Waals surface area contributed by atoms with Crippen molar-refractivity contribution in [2.45, 2.75) is 12.0 Å². The van der Waals surface area contributed by atoms with Gasteiger partial charge in [-0.3, -0.25) is 9.59 Å². The molecular formula is C27H25N3O4. The molecule has 0 spiro atoms. The maximum Gasteiger partial charge on any atom is 0.254 e. The number of hydrogen-bond donors (Lipinski definition) is 2. The molecular weight excluding hydrogens is 430 g/mol. The van der Waals surface area contributed by atoms with Gasteiger partial charge in [-0.15, -0.1) is 0 Å². The molecule has 2 amide bonds. The zero-order valence-electron chi connectivity index (χ0n) is 19.2. The lowest BCUT2D eigenvalue weighted by molar-refractivity contribution is -0.119. The van der Waals surface area contributed by atoms with Crippen molar-refractivity contribution in [2.24, 2.45) is 0 Å². The highest BCUT2D eigenvalue weighted by Crippen LogP contribution is 2.44. The number of carbonyl (C=O) groups is 2. The number of aromatic nitrogens is 1. The second-order valence-corrected chi connectivity index (χ2v) is 8.27. The molecule has 0 fully saturated rings. The topological polar surface area (TPSA) is 83.7 Å². The zero-order valence-corrected chi connectivity index (χ0v) is 19.2. The van der Waals surface area contributed by atoms with Crippen LogP contribution >= 0.6 is 0 Å². The van der Waals surface area contributed by atoms with Crippen molar-refractivity contribution in [1.29, 1.82) is 0 Å². The van der Waals surface area contributed by atoms with Crippen LogP contribution in [0.3, 0.4) is 0 Å². The van der Waals surface area contributed by atoms with Crippen LogP contribution in [0.25, 0.3) is 10.9 Å². The normalized spacial score (nSPS) is 17.4. The van der Waals surface area contributed by atoms with E-state index < -0.39 is 12.0 Å². The Labute approximate surface area is 197 Å². The van der Waals surface area contributed by atoms with Crippen molar-refractivity contribution in [3.63, 3.8) is 0 Å². The van der Waals surface area contributed by atoms with E-state index in [0.29, 0.717) is 28.3 Å². The number of methoxy groups -OCH3 is 2. The van der Waals surface area contributed by atoms with E-state index in [2.05, 4.69) is 10.3 Å². The Balaban J connectivity index is 1.61. The maximum absolute atomic E-state index is 13.8. The first kappa shape index (κ1) is 21.6. The van der Waals surface area contributed by atoms with E-state index in [9.17, 15) is 9.59 Å². The first-order valence-electron chi connectivity index (χ1n) is 11.0. The Morgan fingerprint density at radius 3 is 2.47 bits per heavy atom. The Kier molecular flexibility index (Phi) is 5.45. The lowest BCUT2D eigenvalue weighted by Crippen LogP contribution is -2.44. The molecule has 2 heterocycles. The SMILES string of the molecule is COc1ccc(NC(=O)[C@@H]2c3ccccc3C(=O)N(C)[C@H]2c2c[nH]c3ccccc23)cc1OC. The summed E-state index contributed by atoms with van der Waals surface area (Å²) in [4.78, 5) is 32.1. The first-order valence-corrected chi connectivity index (χ1v) is 11.0. The minimum atomic E-state index is -0.619. The number of H-pyrrole nitrogens is 1. The number of rotatable bonds is 5. The van der Waals surface area contributed by atoms with Crippen LogP contribution in [0.15, 0.2) is 72.9 Å². The van der Waals surface area contributed by atoms with Crippen LogP contribution in [0, 0.1) is 0 Å². The minimum Gasteiger partial charge on any atom is -0.493 e. The van der Waals surface area contributed by atoms with Gasteiger partial charge in [0, 0.05) is 47.0 Å². The molecule has 0 saturated carbocycles. The molecule has 7 nitrogen and oxygen atoms in total. The molecule has 2 N–H and O–H groups in total. The maximum atomic E-state index is 13.8. The summed E-state index contributed by atoms with van der Waals surface area (Å²) in [5.41, 5.74) is 3.68. The van der Waals surface area contributed by atoms with Crippen LogP contribution < -0.4 is 14.8 Å². The summed E-state index contributed by atoms with van der Waals surface area (Å²) >= 11 is 0. The molecule has 0 bridgehead atoms. The van der Waals surface area contributed by atoms with Crippen LogP contribution in [0.1, 0.15) is 33.4 Å². The third-order valence-corrected chi connectivity index (χ3v) is 6.45. The quantitative estimate of drug-likeness (QED) is 0.456. The van der Waals surface area contributed by atoms with Gasteiger partial charge in [0.25, 0.3) is 5.91 Å². The number of aromatic amines is 1. The van der Waals surface area contributed by atoms with Gasteiger partial charge in [0.15, 0.2) is 11.5 Å². The summed E-state index contributed by atoms with van der Waals surface area (Å²) in [5.74, 6) is 0.150. The van der Waals surface area contributed by atoms with Crippen LogP contribution in [0.4, 0.5) is 5.69 Å². The summed E-state index contributed by atoms with van der Waals surface area (Å²) in [5, 5.41) is 4.01. The molecule has 1 aliphatic heterocycles. The molecule has 2 atom stereocenters. The second kappa shape index (κ2) is 8.59. The van der Waals surface area contributed by atoms with Crippen molar-refractivity contribution in [1.82, 2.24) is 9.88 Å². The summed E-state index contributed by atoms with van der Waals surface area (Å²) in [6.45, 7) is 0. The third kappa shape index (κ3) is 3.46. The van der Waals surface area contributed by atoms with Gasteiger partial charge in [-0.1, -0.05) is 36.4 Å². The Hall–Kier alpha value is -4.26. The van der Waals surface area contributed by atoms with E-state index in [1.54, 1.807) is 50.4 Å². The lowest BCUT2D eigenvalue weighted by atomic mass is 9.79. The van der Waals surface area contributed by atoms with Gasteiger partial charge in [-0.05, 0) is 29.8 Å². The number of carbonyl (C=O) groups excluding carboxylic acids is 2. The van der Waals surface area contributed by atoms with Gasteiger partial charge in [-0.2, -0.15) is 0 Å². The van der Waals surface area contributed by atoms with E-state index in [0.717, 1.165) is 16.5 Å². The predicted molar refractivity (Wildman–Crippen MR) is 130 cm³/mol. The number of anilines is 1. The van der Waals surface area contributed by atoms with E-state index in [4.69, 9.17) is 9.47 Å². The van der Waals surface area contributed by atoms with Gasteiger partial charge in [0.2, 0.25) is 5.91 Å². The highest BCUT2D eigenvalue weighted by Gasteiger charge is 2.43. The minimum absolute atomic E-state index is 0.110. The number of para-hydroxylation sites is 1. The molecule has 5 rings (SSSR count). The first-order chi connectivity index (χ1) is 16.5. The molecule has 1 aliphatic rings. The van der Waals surface area contributed by atoms with Crippen LogP contribution in [-0.4, -0.2) is 43.0 Å². The van der Waals surface area contributed by atoms with Crippen LogP contribution in [0.2, 0.25) is 0 Å². The number of ether oxygens (including phenoxy) is 2. The van der Waals surface area contributed by atoms with Crippen molar-refractivity contribution < 1.29 is 19.1 Å². The number of benzene rings is 3. The van der Waals surface area contributed by atoms with Crippen LogP contribution in [0.5, 0.6) is 11.5 Å². The average Bonchev–Trinajstić information content (AvgIpc) is 3.29. The molecule has 4 aromatic rings. The summed E-state index contributed by atoms with van der Waals surface area (Å²) in [6.07, 6.45) is 1.89. The molecule has 34 heavy (non-hydrogen) atoms. The van der Waals surface area contributed by atoms with E-state index >= 15 is 0 Å². The van der Waals surface area contributed by atoms with Gasteiger partial charge >= 0.3 is 0 Å². The number of hydrogen-bond acceptors (Lipinski definition) is 4. The molecule has 172 valence electrons.